The molecule has 0 atom stereocenters. The molecule has 0 saturated heterocycles. The molecule has 0 bridgehead atoms. The maximum absolute atomic E-state index is 12.9. The number of aromatic nitrogens is 2. The van der Waals surface area contributed by atoms with Gasteiger partial charge < -0.3 is 24.1 Å². The quantitative estimate of drug-likeness (QED) is 0.282. The van der Waals surface area contributed by atoms with Gasteiger partial charge in [0.2, 0.25) is 5.01 Å². The zero-order valence-corrected chi connectivity index (χ0v) is 21.8. The lowest BCUT2D eigenvalue weighted by molar-refractivity contribution is 0.0526. The lowest BCUT2D eigenvalue weighted by Gasteiger charge is -2.13. The Kier molecular flexibility index (Phi) is 9.31. The molecule has 0 unspecified atom stereocenters. The number of nitrogens with one attached hydrogen (secondary N) is 1. The first-order valence-corrected chi connectivity index (χ1v) is 12.6. The molecular weight excluding hydrogens is 466 g/mol. The number of hydrogen-bond donors (Lipinski definition) is 1. The van der Waals surface area contributed by atoms with E-state index in [2.05, 4.69) is 21.8 Å². The van der Waals surface area contributed by atoms with E-state index in [1.807, 2.05) is 36.6 Å². The monoisotopic (exact) mass is 499 g/mol. The predicted molar refractivity (Wildman–Crippen MR) is 137 cm³/mol. The van der Waals surface area contributed by atoms with Crippen LogP contribution in [0.5, 0.6) is 11.5 Å². The number of thiazole rings is 1. The van der Waals surface area contributed by atoms with Crippen molar-refractivity contribution in [3.8, 4) is 22.9 Å². The van der Waals surface area contributed by atoms with Crippen molar-refractivity contribution in [3.63, 3.8) is 0 Å². The molecule has 0 aliphatic heterocycles. The zero-order chi connectivity index (χ0) is 25.4. The molecular formula is C26H33N3O5S. The Morgan fingerprint density at radius 3 is 2.57 bits per heavy atom. The Bertz CT molecular complexity index is 1170. The highest BCUT2D eigenvalue weighted by Crippen LogP contribution is 2.30. The summed E-state index contributed by atoms with van der Waals surface area (Å²) in [6.07, 6.45) is 2.63. The van der Waals surface area contributed by atoms with Crippen molar-refractivity contribution in [1.82, 2.24) is 14.9 Å². The van der Waals surface area contributed by atoms with Gasteiger partial charge in [0.1, 0.15) is 0 Å². The van der Waals surface area contributed by atoms with Gasteiger partial charge in [-0.15, -0.1) is 11.3 Å². The van der Waals surface area contributed by atoms with Crippen LogP contribution in [0.25, 0.3) is 11.4 Å². The minimum Gasteiger partial charge on any atom is -0.493 e. The van der Waals surface area contributed by atoms with Gasteiger partial charge in [0.15, 0.2) is 11.5 Å². The van der Waals surface area contributed by atoms with Gasteiger partial charge in [0.05, 0.1) is 37.8 Å². The van der Waals surface area contributed by atoms with Crippen LogP contribution in [0.2, 0.25) is 0 Å². The second-order valence-electron chi connectivity index (χ2n) is 7.99. The first-order chi connectivity index (χ1) is 16.9. The second kappa shape index (κ2) is 12.4. The lowest BCUT2D eigenvalue weighted by atomic mass is 10.1. The Labute approximate surface area is 210 Å². The molecule has 1 N–H and O–H groups in total. The fourth-order valence-electron chi connectivity index (χ4n) is 3.80. The van der Waals surface area contributed by atoms with E-state index < -0.39 is 5.97 Å². The van der Waals surface area contributed by atoms with Crippen LogP contribution in [0.4, 0.5) is 0 Å². The normalized spacial score (nSPS) is 10.8. The van der Waals surface area contributed by atoms with Crippen molar-refractivity contribution in [3.05, 3.63) is 51.5 Å². The number of ether oxygens (including phenoxy) is 3. The minimum absolute atomic E-state index is 0.108. The van der Waals surface area contributed by atoms with Crippen LogP contribution < -0.4 is 14.8 Å². The summed E-state index contributed by atoms with van der Waals surface area (Å²) in [6, 6.07) is 7.70. The summed E-state index contributed by atoms with van der Waals surface area (Å²) >= 11 is 1.24. The highest BCUT2D eigenvalue weighted by atomic mass is 32.1. The summed E-state index contributed by atoms with van der Waals surface area (Å²) in [5, 5.41) is 5.12. The van der Waals surface area contributed by atoms with Crippen molar-refractivity contribution in [2.45, 2.75) is 46.6 Å². The van der Waals surface area contributed by atoms with Crippen LogP contribution in [-0.4, -0.2) is 48.8 Å². The fraction of sp³-hybridized carbons (Fsp3) is 0.423. The molecule has 9 heteroatoms. The zero-order valence-electron chi connectivity index (χ0n) is 21.0. The second-order valence-corrected chi connectivity index (χ2v) is 8.85. The number of nitrogens with zero attached hydrogens (tertiary/aromatic N) is 2. The number of esters is 1. The van der Waals surface area contributed by atoms with Crippen molar-refractivity contribution in [1.29, 1.82) is 0 Å². The third-order valence-electron chi connectivity index (χ3n) is 5.72. The van der Waals surface area contributed by atoms with E-state index in [1.54, 1.807) is 21.1 Å². The van der Waals surface area contributed by atoms with E-state index in [0.717, 1.165) is 29.8 Å². The number of hydrogen-bond acceptors (Lipinski definition) is 7. The summed E-state index contributed by atoms with van der Waals surface area (Å²) in [5.74, 6) is 0.794. The van der Waals surface area contributed by atoms with Gasteiger partial charge in [0.25, 0.3) is 5.91 Å². The summed E-state index contributed by atoms with van der Waals surface area (Å²) in [7, 11) is 3.22. The molecule has 3 rings (SSSR count). The highest BCUT2D eigenvalue weighted by Gasteiger charge is 2.21. The van der Waals surface area contributed by atoms with Gasteiger partial charge >= 0.3 is 5.97 Å². The van der Waals surface area contributed by atoms with Gasteiger partial charge in [-0.1, -0.05) is 19.4 Å². The molecule has 2 aromatic heterocycles. The number of aryl methyl sites for hydroxylation is 1. The first-order valence-electron chi connectivity index (χ1n) is 11.8. The van der Waals surface area contributed by atoms with E-state index in [-0.39, 0.29) is 12.5 Å². The van der Waals surface area contributed by atoms with E-state index in [1.165, 1.54) is 11.3 Å². The van der Waals surface area contributed by atoms with Gasteiger partial charge in [-0.05, 0) is 50.5 Å². The van der Waals surface area contributed by atoms with Crippen LogP contribution in [0.3, 0.4) is 0 Å². The van der Waals surface area contributed by atoms with Crippen LogP contribution in [0, 0.1) is 6.92 Å². The van der Waals surface area contributed by atoms with Crippen LogP contribution in [0.15, 0.2) is 29.6 Å². The third-order valence-corrected chi connectivity index (χ3v) is 6.54. The van der Waals surface area contributed by atoms with Gasteiger partial charge in [0, 0.05) is 24.2 Å². The minimum atomic E-state index is -0.443. The molecule has 0 radical (unpaired) electrons. The standard InChI is InChI=1S/C26H33N3O5S/c1-6-8-12-27-24(30)19-15-21(20-16-35-25(28-20)26(31)34-7-2)29(17(19)3)13-11-18-9-10-22(32-4)23(14-18)33-5/h9-10,14-16H,6-8,11-13H2,1-5H3,(H,27,30). The van der Waals surface area contributed by atoms with Gasteiger partial charge in [-0.2, -0.15) is 0 Å². The maximum atomic E-state index is 12.9. The summed E-state index contributed by atoms with van der Waals surface area (Å²) < 4.78 is 17.9. The largest absolute Gasteiger partial charge is 0.493 e. The van der Waals surface area contributed by atoms with Crippen LogP contribution in [0.1, 0.15) is 58.1 Å². The molecule has 0 fully saturated rings. The van der Waals surface area contributed by atoms with E-state index in [9.17, 15) is 9.59 Å². The third kappa shape index (κ3) is 6.22. The molecule has 1 aromatic carbocycles. The summed E-state index contributed by atoms with van der Waals surface area (Å²) in [4.78, 5) is 29.6. The van der Waals surface area contributed by atoms with E-state index in [0.29, 0.717) is 47.3 Å². The SMILES string of the molecule is CCCCNC(=O)c1cc(-c2csc(C(=O)OCC)n2)n(CCc2ccc(OC)c(OC)c2)c1C. The Hall–Kier alpha value is -3.33. The molecule has 0 aliphatic rings. The predicted octanol–water partition coefficient (Wildman–Crippen LogP) is 4.89. The molecule has 1 amide bonds. The number of carbonyl (C=O) groups is 2. The van der Waals surface area contributed by atoms with E-state index in [4.69, 9.17) is 14.2 Å². The van der Waals surface area contributed by atoms with Crippen LogP contribution >= 0.6 is 11.3 Å². The number of unbranched alkanes of at least 4 members (excludes halogenated alkanes) is 1. The smallest absolute Gasteiger partial charge is 0.367 e. The Morgan fingerprint density at radius 2 is 1.89 bits per heavy atom. The number of benzene rings is 1. The number of amides is 1. The molecule has 3 aromatic rings. The first kappa shape index (κ1) is 26.3. The molecule has 0 saturated carbocycles. The maximum Gasteiger partial charge on any atom is 0.367 e. The van der Waals surface area contributed by atoms with Crippen molar-refractivity contribution in [2.24, 2.45) is 0 Å². The van der Waals surface area contributed by atoms with Crippen LogP contribution in [-0.2, 0) is 17.7 Å². The number of rotatable bonds is 12. The van der Waals surface area contributed by atoms with Gasteiger partial charge in [-0.3, -0.25) is 4.79 Å². The summed E-state index contributed by atoms with van der Waals surface area (Å²) in [5.41, 5.74) is 3.95. The number of carbonyl (C=O) groups excluding carboxylic acids is 2. The molecule has 0 spiro atoms. The van der Waals surface area contributed by atoms with E-state index >= 15 is 0 Å². The van der Waals surface area contributed by atoms with Crippen molar-refractivity contribution >= 4 is 23.2 Å². The average molecular weight is 500 g/mol. The molecule has 0 aliphatic carbocycles. The lowest BCUT2D eigenvalue weighted by Crippen LogP contribution is -2.24. The Morgan fingerprint density at radius 1 is 1.11 bits per heavy atom. The molecule has 8 nitrogen and oxygen atoms in total. The summed E-state index contributed by atoms with van der Waals surface area (Å²) in [6.45, 7) is 7.32. The molecule has 188 valence electrons. The van der Waals surface area contributed by atoms with Crippen molar-refractivity contribution < 1.29 is 23.8 Å². The fourth-order valence-corrected chi connectivity index (χ4v) is 4.51. The Balaban J connectivity index is 1.93. The van der Waals surface area contributed by atoms with Crippen molar-refractivity contribution in [2.75, 3.05) is 27.4 Å². The number of methoxy groups -OCH3 is 2. The topological polar surface area (TPSA) is 91.7 Å². The average Bonchev–Trinajstić information content (AvgIpc) is 3.47. The molecule has 35 heavy (non-hydrogen) atoms. The van der Waals surface area contributed by atoms with Gasteiger partial charge in [-0.25, -0.2) is 9.78 Å². The highest BCUT2D eigenvalue weighted by molar-refractivity contribution is 7.11. The molecule has 2 heterocycles.